The first-order valence-electron chi connectivity index (χ1n) is 2.68. The Kier molecular flexibility index (Phi) is 4.04. The van der Waals surface area contributed by atoms with Crippen LogP contribution in [0.3, 0.4) is 0 Å². The van der Waals surface area contributed by atoms with Crippen LogP contribution in [0.15, 0.2) is 35.0 Å². The maximum absolute atomic E-state index is 11.9. The van der Waals surface area contributed by atoms with Crippen LogP contribution < -0.4 is 0 Å². The smallest absolute Gasteiger partial charge is 0.146 e. The van der Waals surface area contributed by atoms with Crippen molar-refractivity contribution in [1.82, 2.24) is 0 Å². The van der Waals surface area contributed by atoms with Crippen LogP contribution in [0, 0.1) is 0 Å². The molecule has 0 fully saturated rings. The summed E-state index contributed by atoms with van der Waals surface area (Å²) in [6.07, 6.45) is 2.42. The van der Waals surface area contributed by atoms with E-state index in [-0.39, 0.29) is 0 Å². The van der Waals surface area contributed by atoms with Gasteiger partial charge in [0.25, 0.3) is 0 Å². The van der Waals surface area contributed by atoms with Crippen molar-refractivity contribution >= 4 is 12.1 Å². The highest BCUT2D eigenvalue weighted by Gasteiger charge is 1.84. The number of nitrogens with zero attached hydrogens (tertiary/aromatic N) is 2. The summed E-state index contributed by atoms with van der Waals surface area (Å²) in [6.45, 7) is 6.40. The van der Waals surface area contributed by atoms with Crippen LogP contribution in [-0.4, -0.2) is 19.1 Å². The Labute approximate surface area is 59.5 Å². The topological polar surface area (TPSA) is 24.7 Å². The van der Waals surface area contributed by atoms with Crippen LogP contribution in [0.5, 0.6) is 0 Å². The van der Waals surface area contributed by atoms with Gasteiger partial charge in [0.15, 0.2) is 0 Å². The summed E-state index contributed by atoms with van der Waals surface area (Å²) in [5, 5.41) is 0. The van der Waals surface area contributed by atoms with Crippen molar-refractivity contribution in [2.24, 2.45) is 9.98 Å². The normalized spacial score (nSPS) is 12.0. The van der Waals surface area contributed by atoms with Crippen molar-refractivity contribution in [3.05, 3.63) is 25.1 Å². The van der Waals surface area contributed by atoms with Crippen LogP contribution in [-0.2, 0) is 0 Å². The van der Waals surface area contributed by atoms with Gasteiger partial charge in [-0.1, -0.05) is 13.2 Å². The zero-order chi connectivity index (χ0) is 7.98. The quantitative estimate of drug-likeness (QED) is 0.412. The first kappa shape index (κ1) is 8.75. The van der Waals surface area contributed by atoms with Crippen LogP contribution >= 0.6 is 0 Å². The van der Waals surface area contributed by atoms with Crippen LogP contribution in [0.4, 0.5) is 4.39 Å². The van der Waals surface area contributed by atoms with Crippen molar-refractivity contribution in [2.45, 2.75) is 0 Å². The van der Waals surface area contributed by atoms with E-state index in [1.165, 1.54) is 6.08 Å². The summed E-state index contributed by atoms with van der Waals surface area (Å²) in [6, 6.07) is 0. The highest BCUT2D eigenvalue weighted by molar-refractivity contribution is 5.99. The standard InChI is InChI=1S/C7H9FN2/c1-4-7(9-3)10-5-6(2)8/h4-5H,1-2H2,3H3. The van der Waals surface area contributed by atoms with Gasteiger partial charge in [0.1, 0.15) is 11.7 Å². The van der Waals surface area contributed by atoms with Crippen molar-refractivity contribution in [3.8, 4) is 0 Å². The molecule has 0 unspecified atom stereocenters. The van der Waals surface area contributed by atoms with Crippen LogP contribution in [0.25, 0.3) is 0 Å². The predicted molar refractivity (Wildman–Crippen MR) is 42.3 cm³/mol. The third-order valence-electron chi connectivity index (χ3n) is 0.749. The largest absolute Gasteiger partial charge is 0.270 e. The summed E-state index contributed by atoms with van der Waals surface area (Å²) >= 11 is 0. The molecule has 0 aromatic rings. The summed E-state index contributed by atoms with van der Waals surface area (Å²) in [7, 11) is 1.55. The number of hydrogen-bond donors (Lipinski definition) is 0. The highest BCUT2D eigenvalue weighted by atomic mass is 19.1. The van der Waals surface area contributed by atoms with E-state index < -0.39 is 5.83 Å². The molecular weight excluding hydrogens is 131 g/mol. The van der Waals surface area contributed by atoms with Gasteiger partial charge in [0.2, 0.25) is 0 Å². The Morgan fingerprint density at radius 3 is 2.50 bits per heavy atom. The Bertz CT molecular complexity index is 192. The molecule has 0 aromatic carbocycles. The van der Waals surface area contributed by atoms with E-state index in [9.17, 15) is 4.39 Å². The first-order valence-corrected chi connectivity index (χ1v) is 2.68. The van der Waals surface area contributed by atoms with Crippen molar-refractivity contribution in [1.29, 1.82) is 0 Å². The number of allylic oxidation sites excluding steroid dienone is 1. The van der Waals surface area contributed by atoms with E-state index in [1.807, 2.05) is 0 Å². The number of amidine groups is 1. The fourth-order valence-electron chi connectivity index (χ4n) is 0.338. The van der Waals surface area contributed by atoms with Gasteiger partial charge < -0.3 is 0 Å². The lowest BCUT2D eigenvalue weighted by Gasteiger charge is -1.86. The summed E-state index contributed by atoms with van der Waals surface area (Å²) in [5.74, 6) is -0.207. The molecule has 0 radical (unpaired) electrons. The van der Waals surface area contributed by atoms with Gasteiger partial charge in [-0.25, -0.2) is 9.38 Å². The zero-order valence-corrected chi connectivity index (χ0v) is 5.84. The molecule has 0 aromatic heterocycles. The highest BCUT2D eigenvalue weighted by Crippen LogP contribution is 1.86. The first-order chi connectivity index (χ1) is 4.70. The fourth-order valence-corrected chi connectivity index (χ4v) is 0.338. The molecule has 0 rings (SSSR count). The van der Waals surface area contributed by atoms with E-state index in [0.717, 1.165) is 6.21 Å². The average Bonchev–Trinajstić information content (AvgIpc) is 1.90. The number of aliphatic imine (C=N–C) groups is 2. The summed E-state index contributed by atoms with van der Waals surface area (Å²) < 4.78 is 11.9. The van der Waals surface area contributed by atoms with E-state index in [0.29, 0.717) is 5.84 Å². The predicted octanol–water partition coefficient (Wildman–Crippen LogP) is 1.75. The van der Waals surface area contributed by atoms with Crippen molar-refractivity contribution < 1.29 is 4.39 Å². The Morgan fingerprint density at radius 2 is 2.20 bits per heavy atom. The molecule has 0 bridgehead atoms. The van der Waals surface area contributed by atoms with Crippen molar-refractivity contribution in [2.75, 3.05) is 7.05 Å². The second-order valence-electron chi connectivity index (χ2n) is 1.49. The molecule has 2 nitrogen and oxygen atoms in total. The third kappa shape index (κ3) is 3.72. The van der Waals surface area contributed by atoms with Crippen LogP contribution in [0.2, 0.25) is 0 Å². The van der Waals surface area contributed by atoms with E-state index in [2.05, 4.69) is 23.1 Å². The second-order valence-corrected chi connectivity index (χ2v) is 1.49. The van der Waals surface area contributed by atoms with E-state index >= 15 is 0 Å². The average molecular weight is 140 g/mol. The molecule has 10 heavy (non-hydrogen) atoms. The van der Waals surface area contributed by atoms with Crippen molar-refractivity contribution in [3.63, 3.8) is 0 Å². The van der Waals surface area contributed by atoms with Crippen LogP contribution in [0.1, 0.15) is 0 Å². The molecule has 3 heteroatoms. The molecule has 0 atom stereocenters. The molecule has 0 saturated heterocycles. The summed E-state index contributed by atoms with van der Waals surface area (Å²) in [5.41, 5.74) is 0. The number of hydrogen-bond acceptors (Lipinski definition) is 1. The van der Waals surface area contributed by atoms with E-state index in [1.54, 1.807) is 7.05 Å². The van der Waals surface area contributed by atoms with Gasteiger partial charge >= 0.3 is 0 Å². The third-order valence-corrected chi connectivity index (χ3v) is 0.749. The monoisotopic (exact) mass is 140 g/mol. The molecule has 0 aliphatic carbocycles. The molecule has 0 heterocycles. The maximum atomic E-state index is 11.9. The molecule has 0 spiro atoms. The Morgan fingerprint density at radius 1 is 1.60 bits per heavy atom. The minimum absolute atomic E-state index is 0.388. The number of rotatable bonds is 2. The zero-order valence-electron chi connectivity index (χ0n) is 5.84. The molecule has 0 aliphatic rings. The lowest BCUT2D eigenvalue weighted by atomic mass is 10.5. The lowest BCUT2D eigenvalue weighted by Crippen LogP contribution is -1.87. The molecule has 54 valence electrons. The second kappa shape index (κ2) is 4.61. The van der Waals surface area contributed by atoms with Gasteiger partial charge in [0, 0.05) is 7.05 Å². The van der Waals surface area contributed by atoms with Gasteiger partial charge in [-0.15, -0.1) is 0 Å². The number of halogens is 1. The Balaban J connectivity index is 4.11. The van der Waals surface area contributed by atoms with E-state index in [4.69, 9.17) is 0 Å². The summed E-state index contributed by atoms with van der Waals surface area (Å²) in [4.78, 5) is 7.26. The van der Waals surface area contributed by atoms with Gasteiger partial charge in [-0.2, -0.15) is 0 Å². The fraction of sp³-hybridized carbons (Fsp3) is 0.143. The molecular formula is C7H9FN2. The molecule has 0 aliphatic heterocycles. The Hall–Kier alpha value is -1.25. The molecule has 0 amide bonds. The van der Waals surface area contributed by atoms with Gasteiger partial charge in [0.05, 0.1) is 6.21 Å². The van der Waals surface area contributed by atoms with Gasteiger partial charge in [-0.05, 0) is 6.08 Å². The molecule has 0 N–H and O–H groups in total. The maximum Gasteiger partial charge on any atom is 0.146 e. The van der Waals surface area contributed by atoms with Gasteiger partial charge in [-0.3, -0.25) is 4.99 Å². The minimum Gasteiger partial charge on any atom is -0.270 e. The SMILES string of the molecule is C=CC(N=CC(=C)F)=NC. The minimum atomic E-state index is -0.594. The molecule has 0 saturated carbocycles. The lowest BCUT2D eigenvalue weighted by molar-refractivity contribution is 0.691.